The van der Waals surface area contributed by atoms with E-state index in [1.54, 1.807) is 6.08 Å². The van der Waals surface area contributed by atoms with Gasteiger partial charge >= 0.3 is 0 Å². The van der Waals surface area contributed by atoms with E-state index < -0.39 is 0 Å². The molecule has 0 aromatic carbocycles. The van der Waals surface area contributed by atoms with Crippen LogP contribution in [0.5, 0.6) is 0 Å². The Balaban J connectivity index is 3.99. The van der Waals surface area contributed by atoms with Gasteiger partial charge in [0, 0.05) is 6.21 Å². The molecule has 1 N–H and O–H groups in total. The highest BCUT2D eigenvalue weighted by Gasteiger charge is 1.83. The van der Waals surface area contributed by atoms with Crippen LogP contribution >= 0.6 is 0 Å². The Hall–Kier alpha value is -0.850. The SMILES string of the molecule is C=C(C)/C(C)=C\C=N. The van der Waals surface area contributed by atoms with Gasteiger partial charge in [-0.1, -0.05) is 12.2 Å². The Morgan fingerprint density at radius 1 is 1.50 bits per heavy atom. The number of allylic oxidation sites excluding steroid dienone is 3. The van der Waals surface area contributed by atoms with Gasteiger partial charge in [-0.15, -0.1) is 0 Å². The van der Waals surface area contributed by atoms with Gasteiger partial charge in [0.15, 0.2) is 0 Å². The van der Waals surface area contributed by atoms with Gasteiger partial charge in [0.25, 0.3) is 0 Å². The summed E-state index contributed by atoms with van der Waals surface area (Å²) in [7, 11) is 0. The molecule has 0 saturated heterocycles. The van der Waals surface area contributed by atoms with E-state index in [1.165, 1.54) is 6.21 Å². The van der Waals surface area contributed by atoms with E-state index in [4.69, 9.17) is 5.41 Å². The number of hydrogen-bond acceptors (Lipinski definition) is 1. The van der Waals surface area contributed by atoms with Crippen molar-refractivity contribution in [1.29, 1.82) is 5.41 Å². The zero-order chi connectivity index (χ0) is 6.57. The predicted octanol–water partition coefficient (Wildman–Crippen LogP) is 2.16. The summed E-state index contributed by atoms with van der Waals surface area (Å²) in [6.07, 6.45) is 2.99. The Morgan fingerprint density at radius 3 is 2.12 bits per heavy atom. The molecular formula is C7H11N. The molecular weight excluding hydrogens is 98.1 g/mol. The van der Waals surface area contributed by atoms with Crippen molar-refractivity contribution in [2.75, 3.05) is 0 Å². The smallest absolute Gasteiger partial charge is 0.0180 e. The molecule has 0 aliphatic carbocycles. The normalized spacial score (nSPS) is 11.0. The lowest BCUT2D eigenvalue weighted by Gasteiger charge is -1.92. The lowest BCUT2D eigenvalue weighted by molar-refractivity contribution is 1.37. The minimum atomic E-state index is 1.02. The third-order valence-electron chi connectivity index (χ3n) is 1.01. The summed E-state index contributed by atoms with van der Waals surface area (Å²) in [5, 5.41) is 6.68. The van der Waals surface area contributed by atoms with E-state index in [9.17, 15) is 0 Å². The monoisotopic (exact) mass is 109 g/mol. The molecule has 0 aliphatic rings. The standard InChI is InChI=1S/C7H11N/c1-6(2)7(3)4-5-8/h4-5,8H,1H2,2-3H3/b7-4-,8-5?. The Morgan fingerprint density at radius 2 is 2.00 bits per heavy atom. The van der Waals surface area contributed by atoms with Crippen molar-refractivity contribution in [3.8, 4) is 0 Å². The summed E-state index contributed by atoms with van der Waals surface area (Å²) in [6.45, 7) is 7.57. The van der Waals surface area contributed by atoms with Crippen molar-refractivity contribution in [3.63, 3.8) is 0 Å². The summed E-state index contributed by atoms with van der Waals surface area (Å²) in [6, 6.07) is 0. The molecule has 0 aromatic heterocycles. The number of rotatable bonds is 2. The minimum absolute atomic E-state index is 1.02. The quantitative estimate of drug-likeness (QED) is 0.415. The molecule has 0 bridgehead atoms. The van der Waals surface area contributed by atoms with E-state index >= 15 is 0 Å². The summed E-state index contributed by atoms with van der Waals surface area (Å²) in [4.78, 5) is 0. The molecule has 1 nitrogen and oxygen atoms in total. The average Bonchev–Trinajstić information content (AvgIpc) is 1.67. The highest BCUT2D eigenvalue weighted by Crippen LogP contribution is 2.01. The fourth-order valence-electron chi connectivity index (χ4n) is 0.267. The third kappa shape index (κ3) is 2.35. The van der Waals surface area contributed by atoms with Crippen LogP contribution in [0.2, 0.25) is 0 Å². The topological polar surface area (TPSA) is 23.9 Å². The van der Waals surface area contributed by atoms with Crippen LogP contribution < -0.4 is 0 Å². The lowest BCUT2D eigenvalue weighted by Crippen LogP contribution is -1.74. The highest BCUT2D eigenvalue weighted by atomic mass is 14.3. The van der Waals surface area contributed by atoms with Crippen LogP contribution in [-0.2, 0) is 0 Å². The second-order valence-electron chi connectivity index (χ2n) is 1.80. The molecule has 0 heterocycles. The van der Waals surface area contributed by atoms with Crippen LogP contribution in [0.3, 0.4) is 0 Å². The number of nitrogens with one attached hydrogen (secondary N) is 1. The second-order valence-corrected chi connectivity index (χ2v) is 1.80. The molecule has 44 valence electrons. The molecule has 0 unspecified atom stereocenters. The average molecular weight is 109 g/mol. The van der Waals surface area contributed by atoms with Gasteiger partial charge in [0.2, 0.25) is 0 Å². The van der Waals surface area contributed by atoms with Crippen molar-refractivity contribution in [2.24, 2.45) is 0 Å². The third-order valence-corrected chi connectivity index (χ3v) is 1.01. The first-order valence-corrected chi connectivity index (χ1v) is 2.51. The van der Waals surface area contributed by atoms with Gasteiger partial charge in [0.1, 0.15) is 0 Å². The first kappa shape index (κ1) is 7.15. The molecule has 0 spiro atoms. The van der Waals surface area contributed by atoms with Crippen LogP contribution in [0.15, 0.2) is 23.8 Å². The van der Waals surface area contributed by atoms with E-state index in [-0.39, 0.29) is 0 Å². The maximum absolute atomic E-state index is 6.68. The van der Waals surface area contributed by atoms with E-state index in [2.05, 4.69) is 6.58 Å². The summed E-state index contributed by atoms with van der Waals surface area (Å²) in [5.41, 5.74) is 2.09. The molecule has 0 amide bonds. The molecule has 1 heteroatoms. The first-order valence-electron chi connectivity index (χ1n) is 2.51. The molecule has 0 atom stereocenters. The van der Waals surface area contributed by atoms with Gasteiger partial charge in [-0.3, -0.25) is 0 Å². The molecule has 0 aromatic rings. The van der Waals surface area contributed by atoms with Crippen molar-refractivity contribution < 1.29 is 0 Å². The van der Waals surface area contributed by atoms with Gasteiger partial charge in [-0.05, 0) is 25.5 Å². The summed E-state index contributed by atoms with van der Waals surface area (Å²) in [5.74, 6) is 0. The van der Waals surface area contributed by atoms with E-state index in [1.807, 2.05) is 13.8 Å². The Labute approximate surface area is 50.2 Å². The van der Waals surface area contributed by atoms with Crippen molar-refractivity contribution in [1.82, 2.24) is 0 Å². The maximum atomic E-state index is 6.68. The first-order chi connectivity index (χ1) is 3.68. The second kappa shape index (κ2) is 3.19. The summed E-state index contributed by atoms with van der Waals surface area (Å²) < 4.78 is 0. The molecule has 8 heavy (non-hydrogen) atoms. The van der Waals surface area contributed by atoms with Crippen molar-refractivity contribution in [3.05, 3.63) is 23.8 Å². The number of hydrogen-bond donors (Lipinski definition) is 1. The molecule has 0 aliphatic heterocycles. The fraction of sp³-hybridized carbons (Fsp3) is 0.286. The highest BCUT2D eigenvalue weighted by molar-refractivity contribution is 5.70. The van der Waals surface area contributed by atoms with Crippen LogP contribution in [-0.4, -0.2) is 6.21 Å². The van der Waals surface area contributed by atoms with Crippen LogP contribution in [0.25, 0.3) is 0 Å². The molecule has 0 saturated carbocycles. The van der Waals surface area contributed by atoms with Crippen LogP contribution in [0.4, 0.5) is 0 Å². The van der Waals surface area contributed by atoms with Crippen LogP contribution in [0, 0.1) is 5.41 Å². The molecule has 0 rings (SSSR count). The molecule has 0 fully saturated rings. The van der Waals surface area contributed by atoms with Gasteiger partial charge < -0.3 is 5.41 Å². The Bertz CT molecular complexity index is 131. The lowest BCUT2D eigenvalue weighted by atomic mass is 10.1. The minimum Gasteiger partial charge on any atom is -0.309 e. The zero-order valence-corrected chi connectivity index (χ0v) is 5.36. The predicted molar refractivity (Wildman–Crippen MR) is 37.4 cm³/mol. The molecule has 0 radical (unpaired) electrons. The van der Waals surface area contributed by atoms with Gasteiger partial charge in [-0.25, -0.2) is 0 Å². The van der Waals surface area contributed by atoms with Crippen LogP contribution in [0.1, 0.15) is 13.8 Å². The van der Waals surface area contributed by atoms with E-state index in [0.29, 0.717) is 0 Å². The van der Waals surface area contributed by atoms with Crippen molar-refractivity contribution >= 4 is 6.21 Å². The maximum Gasteiger partial charge on any atom is 0.0180 e. The fourth-order valence-corrected chi connectivity index (χ4v) is 0.267. The summed E-state index contributed by atoms with van der Waals surface area (Å²) >= 11 is 0. The zero-order valence-electron chi connectivity index (χ0n) is 5.36. The van der Waals surface area contributed by atoms with Gasteiger partial charge in [0.05, 0.1) is 0 Å². The van der Waals surface area contributed by atoms with Crippen molar-refractivity contribution in [2.45, 2.75) is 13.8 Å². The van der Waals surface area contributed by atoms with E-state index in [0.717, 1.165) is 11.1 Å². The largest absolute Gasteiger partial charge is 0.309 e. The Kier molecular flexibility index (Phi) is 2.85. The van der Waals surface area contributed by atoms with Gasteiger partial charge in [-0.2, -0.15) is 0 Å².